The minimum atomic E-state index is -4.75. The van der Waals surface area contributed by atoms with Crippen LogP contribution in [-0.2, 0) is 27.9 Å². The van der Waals surface area contributed by atoms with Gasteiger partial charge in [-0.25, -0.2) is 9.19 Å². The van der Waals surface area contributed by atoms with E-state index in [-0.39, 0.29) is 36.2 Å². The highest BCUT2D eigenvalue weighted by Crippen LogP contribution is 2.45. The molecule has 2 unspecified atom stereocenters. The van der Waals surface area contributed by atoms with E-state index in [1.807, 2.05) is 21.1 Å². The number of fused-ring (bicyclic) bond motifs is 1. The Labute approximate surface area is 325 Å². The molecule has 312 valence electrons. The van der Waals surface area contributed by atoms with E-state index in [9.17, 15) is 34.3 Å². The van der Waals surface area contributed by atoms with E-state index in [1.54, 1.807) is 0 Å². The monoisotopic (exact) mass is 798 g/mol. The van der Waals surface area contributed by atoms with Crippen LogP contribution in [0.3, 0.4) is 0 Å². The lowest BCUT2D eigenvalue weighted by Crippen LogP contribution is -2.42. The average molecular weight is 799 g/mol. The number of ether oxygens (including phenoxy) is 1. The molecule has 0 bridgehead atoms. The Bertz CT molecular complexity index is 1500. The van der Waals surface area contributed by atoms with Crippen LogP contribution in [0.1, 0.15) is 122 Å². The summed E-state index contributed by atoms with van der Waals surface area (Å²) in [5, 5.41) is 31.8. The number of carbonyl (C=O) groups excluding carboxylic acids is 2. The highest BCUT2D eigenvalue weighted by molar-refractivity contribution is 7.47. The summed E-state index contributed by atoms with van der Waals surface area (Å²) >= 11 is 0. The van der Waals surface area contributed by atoms with E-state index >= 15 is 0 Å². The predicted molar refractivity (Wildman–Crippen MR) is 210 cm³/mol. The third-order valence-electron chi connectivity index (χ3n) is 9.03. The number of anilines is 1. The third kappa shape index (κ3) is 20.5. The molecule has 2 rings (SSSR count). The molecule has 2 aromatic rings. The fraction of sp³-hybridized carbons (Fsp3) is 0.737. The number of allylic oxidation sites excluding steroid dienone is 2. The second-order valence-corrected chi connectivity index (χ2v) is 16.3. The van der Waals surface area contributed by atoms with Crippen LogP contribution in [0.4, 0.5) is 11.4 Å². The van der Waals surface area contributed by atoms with Gasteiger partial charge in [-0.3, -0.25) is 28.8 Å². The second-order valence-electron chi connectivity index (χ2n) is 14.9. The molecule has 0 aliphatic rings. The van der Waals surface area contributed by atoms with Crippen LogP contribution in [0.15, 0.2) is 28.9 Å². The fourth-order valence-corrected chi connectivity index (χ4v) is 6.72. The molecule has 0 fully saturated rings. The van der Waals surface area contributed by atoms with Gasteiger partial charge >= 0.3 is 19.5 Å². The Hall–Kier alpha value is -3.27. The standard InChI is InChI=1S/C38H64N5O11P/c1-5-6-7-8-9-10-11-12-13-14-15-16-17-18-20-23-33(45)38(53-55(49,50)51-29-28-43(2,3)4)34(30-44)52-35(46)24-21-19-22-27-39-31-25-26-32(42(47)48)37-36(31)40-54-41-37/h12-13,25-26,34,38,44H,5-11,14-24,27-30H2,1-4H3,(H-,39,41,49,50)/p+1/b13-12-/t34-,38?/m0/s1. The van der Waals surface area contributed by atoms with Gasteiger partial charge in [0.25, 0.3) is 0 Å². The zero-order valence-corrected chi connectivity index (χ0v) is 34.2. The number of aliphatic hydroxyl groups excluding tert-OH is 1. The Balaban J connectivity index is 1.81. The summed E-state index contributed by atoms with van der Waals surface area (Å²) in [4.78, 5) is 47.3. The van der Waals surface area contributed by atoms with Crippen molar-refractivity contribution < 1.29 is 52.0 Å². The number of carbonyl (C=O) groups is 2. The molecular weight excluding hydrogens is 733 g/mol. The van der Waals surface area contributed by atoms with Crippen LogP contribution in [-0.4, -0.2) is 101 Å². The maximum atomic E-state index is 13.4. The summed E-state index contributed by atoms with van der Waals surface area (Å²) in [6.45, 7) is 2.18. The van der Waals surface area contributed by atoms with Crippen LogP contribution < -0.4 is 5.32 Å². The van der Waals surface area contributed by atoms with E-state index < -0.39 is 43.3 Å². The van der Waals surface area contributed by atoms with Crippen molar-refractivity contribution in [1.29, 1.82) is 0 Å². The van der Waals surface area contributed by atoms with Crippen LogP contribution in [0.2, 0.25) is 0 Å². The molecule has 0 aliphatic heterocycles. The first-order valence-electron chi connectivity index (χ1n) is 19.9. The number of hydrogen-bond acceptors (Lipinski definition) is 13. The minimum absolute atomic E-state index is 0.0220. The molecule has 0 spiro atoms. The number of non-ortho nitro benzene ring substituents is 1. The maximum absolute atomic E-state index is 13.4. The highest BCUT2D eigenvalue weighted by atomic mass is 31.2. The number of rotatable bonds is 33. The fourth-order valence-electron chi connectivity index (χ4n) is 5.81. The molecule has 1 aromatic heterocycles. The molecule has 0 radical (unpaired) electrons. The number of unbranched alkanes of at least 4 members (excludes halogenated alkanes) is 13. The number of nitrogens with one attached hydrogen (secondary N) is 1. The van der Waals surface area contributed by atoms with Crippen molar-refractivity contribution in [2.75, 3.05) is 52.8 Å². The second kappa shape index (κ2) is 26.6. The van der Waals surface area contributed by atoms with Crippen LogP contribution in [0.25, 0.3) is 11.0 Å². The number of esters is 1. The molecule has 16 nitrogen and oxygen atoms in total. The Morgan fingerprint density at radius 3 is 2.16 bits per heavy atom. The predicted octanol–water partition coefficient (Wildman–Crippen LogP) is 7.82. The van der Waals surface area contributed by atoms with Gasteiger partial charge < -0.3 is 24.5 Å². The third-order valence-corrected chi connectivity index (χ3v) is 10.0. The van der Waals surface area contributed by atoms with Crippen molar-refractivity contribution in [3.05, 3.63) is 34.4 Å². The summed E-state index contributed by atoms with van der Waals surface area (Å²) in [7, 11) is 0.912. The van der Waals surface area contributed by atoms with Crippen molar-refractivity contribution in [2.24, 2.45) is 0 Å². The molecule has 1 aromatic carbocycles. The number of phosphoric ester groups is 1. The van der Waals surface area contributed by atoms with Gasteiger partial charge in [-0.15, -0.1) is 0 Å². The first-order valence-corrected chi connectivity index (χ1v) is 21.3. The molecular formula is C38H65N5O11P+. The van der Waals surface area contributed by atoms with E-state index in [0.29, 0.717) is 48.9 Å². The zero-order valence-electron chi connectivity index (χ0n) is 33.3. The van der Waals surface area contributed by atoms with E-state index in [4.69, 9.17) is 13.8 Å². The van der Waals surface area contributed by atoms with E-state index in [0.717, 1.165) is 38.5 Å². The molecule has 17 heteroatoms. The number of aromatic nitrogens is 2. The SMILES string of the molecule is CCCCCCCC/C=C\CCCCCCCC(=O)C(OP(=O)(O)OCC[N+](C)(C)C)[C@H](CO)OC(=O)CCCCCNc1ccc([N+](=O)[O-])c2nonc12. The van der Waals surface area contributed by atoms with Crippen molar-refractivity contribution in [1.82, 2.24) is 10.3 Å². The first-order chi connectivity index (χ1) is 26.3. The van der Waals surface area contributed by atoms with Gasteiger partial charge in [0, 0.05) is 25.5 Å². The Morgan fingerprint density at radius 2 is 1.53 bits per heavy atom. The average Bonchev–Trinajstić information content (AvgIpc) is 3.62. The van der Waals surface area contributed by atoms with Crippen LogP contribution >= 0.6 is 7.82 Å². The van der Waals surface area contributed by atoms with E-state index in [2.05, 4.69) is 39.3 Å². The number of quaternary nitrogens is 1. The number of Topliss-reactive ketones (excluding diaryl/α,β-unsaturated/α-hetero) is 1. The lowest BCUT2D eigenvalue weighted by atomic mass is 10.0. The van der Waals surface area contributed by atoms with Gasteiger partial charge in [0.05, 0.1) is 38.4 Å². The van der Waals surface area contributed by atoms with Crippen molar-refractivity contribution >= 4 is 42.0 Å². The van der Waals surface area contributed by atoms with Gasteiger partial charge in [-0.1, -0.05) is 76.9 Å². The van der Waals surface area contributed by atoms with Gasteiger partial charge in [0.2, 0.25) is 5.52 Å². The Morgan fingerprint density at radius 1 is 0.927 bits per heavy atom. The molecule has 0 amide bonds. The molecule has 0 saturated heterocycles. The van der Waals surface area contributed by atoms with E-state index in [1.165, 1.54) is 50.7 Å². The lowest BCUT2D eigenvalue weighted by molar-refractivity contribution is -0.870. The van der Waals surface area contributed by atoms with Gasteiger partial charge in [-0.2, -0.15) is 0 Å². The van der Waals surface area contributed by atoms with Crippen molar-refractivity contribution in [3.8, 4) is 0 Å². The Kier molecular flexibility index (Phi) is 23.1. The maximum Gasteiger partial charge on any atom is 0.473 e. The molecule has 0 saturated carbocycles. The number of nitrogens with zero attached hydrogens (tertiary/aromatic N) is 4. The topological polar surface area (TPSA) is 213 Å². The molecule has 55 heavy (non-hydrogen) atoms. The van der Waals surface area contributed by atoms with Crippen LogP contribution in [0, 0.1) is 10.1 Å². The quantitative estimate of drug-likeness (QED) is 0.0119. The van der Waals surface area contributed by atoms with Crippen molar-refractivity contribution in [3.63, 3.8) is 0 Å². The zero-order chi connectivity index (χ0) is 40.5. The number of hydrogen-bond donors (Lipinski definition) is 3. The summed E-state index contributed by atoms with van der Waals surface area (Å²) in [6, 6.07) is 2.84. The summed E-state index contributed by atoms with van der Waals surface area (Å²) in [5.74, 6) is -1.25. The summed E-state index contributed by atoms with van der Waals surface area (Å²) < 4.78 is 33.9. The minimum Gasteiger partial charge on any atom is -0.457 e. The van der Waals surface area contributed by atoms with Gasteiger partial charge in [-0.05, 0) is 61.3 Å². The number of phosphoric acid groups is 1. The number of likely N-dealkylation sites (N-methyl/N-ethyl adjacent to an activating group) is 1. The molecule has 1 heterocycles. The smallest absolute Gasteiger partial charge is 0.457 e. The molecule has 3 atom stereocenters. The lowest BCUT2D eigenvalue weighted by Gasteiger charge is -2.27. The number of benzene rings is 1. The first kappa shape index (κ1) is 47.9. The number of aliphatic hydroxyl groups is 1. The van der Waals surface area contributed by atoms with Gasteiger partial charge in [0.15, 0.2) is 23.5 Å². The highest BCUT2D eigenvalue weighted by Gasteiger charge is 2.38. The molecule has 0 aliphatic carbocycles. The van der Waals surface area contributed by atoms with Gasteiger partial charge in [0.1, 0.15) is 13.2 Å². The normalized spacial score (nSPS) is 14.2. The molecule has 3 N–H and O–H groups in total. The summed E-state index contributed by atoms with van der Waals surface area (Å²) in [5.41, 5.74) is 0.584. The summed E-state index contributed by atoms with van der Waals surface area (Å²) in [6.07, 6.45) is 17.2. The van der Waals surface area contributed by atoms with Crippen LogP contribution in [0.5, 0.6) is 0 Å². The van der Waals surface area contributed by atoms with Crippen molar-refractivity contribution in [2.45, 2.75) is 135 Å². The number of nitro groups is 1. The number of ketones is 1. The largest absolute Gasteiger partial charge is 0.473 e. The number of nitro benzene ring substituents is 1.